The summed E-state index contributed by atoms with van der Waals surface area (Å²) in [5.74, 6) is -0.602. The maximum Gasteiger partial charge on any atom is 0.262 e. The lowest BCUT2D eigenvalue weighted by molar-refractivity contribution is -0.121. The van der Waals surface area contributed by atoms with Crippen LogP contribution in [-0.4, -0.2) is 18.2 Å². The van der Waals surface area contributed by atoms with Gasteiger partial charge in [0.1, 0.15) is 11.9 Å². The Kier molecular flexibility index (Phi) is 5.49. The molecule has 4 nitrogen and oxygen atoms in total. The van der Waals surface area contributed by atoms with Crippen molar-refractivity contribution in [3.63, 3.8) is 0 Å². The summed E-state index contributed by atoms with van der Waals surface area (Å²) in [5, 5.41) is 7.50. The van der Waals surface area contributed by atoms with E-state index in [1.54, 1.807) is 43.3 Å². The lowest BCUT2D eigenvalue weighted by atomic mass is 10.2. The maximum atomic E-state index is 12.7. The van der Waals surface area contributed by atoms with Crippen molar-refractivity contribution in [2.24, 2.45) is 5.10 Å². The summed E-state index contributed by atoms with van der Waals surface area (Å²) in [6.45, 7) is 1.72. The summed E-state index contributed by atoms with van der Waals surface area (Å²) in [4.78, 5) is 11.9. The second-order valence-corrected chi connectivity index (χ2v) is 5.10. The van der Waals surface area contributed by atoms with Gasteiger partial charge in [-0.05, 0) is 48.9 Å². The van der Waals surface area contributed by atoms with Crippen LogP contribution in [0.2, 0.25) is 5.02 Å². The third-order valence-electron chi connectivity index (χ3n) is 2.88. The van der Waals surface area contributed by atoms with Crippen molar-refractivity contribution in [2.75, 3.05) is 5.32 Å². The van der Waals surface area contributed by atoms with Gasteiger partial charge in [0, 0.05) is 10.7 Å². The Hall–Kier alpha value is -2.40. The molecule has 22 heavy (non-hydrogen) atoms. The second-order valence-electron chi connectivity index (χ2n) is 4.66. The van der Waals surface area contributed by atoms with E-state index >= 15 is 0 Å². The Balaban J connectivity index is 1.85. The molecule has 1 atom stereocenters. The van der Waals surface area contributed by atoms with Crippen LogP contribution in [-0.2, 0) is 4.79 Å². The summed E-state index contributed by atoms with van der Waals surface area (Å²) in [6, 6.07) is 12.4. The van der Waals surface area contributed by atoms with Crippen LogP contribution in [0, 0.1) is 5.82 Å². The molecule has 1 amide bonds. The molecule has 0 spiro atoms. The van der Waals surface area contributed by atoms with Crippen molar-refractivity contribution >= 4 is 29.4 Å². The van der Waals surface area contributed by atoms with Crippen molar-refractivity contribution in [1.82, 2.24) is 5.43 Å². The van der Waals surface area contributed by atoms with E-state index in [2.05, 4.69) is 15.8 Å². The van der Waals surface area contributed by atoms with Crippen LogP contribution in [0.3, 0.4) is 0 Å². The molecule has 2 aromatic rings. The van der Waals surface area contributed by atoms with E-state index < -0.39 is 6.04 Å². The molecular weight excluding hydrogens is 305 g/mol. The van der Waals surface area contributed by atoms with E-state index in [-0.39, 0.29) is 11.7 Å². The first-order chi connectivity index (χ1) is 10.5. The molecule has 1 unspecified atom stereocenters. The first kappa shape index (κ1) is 16.0. The van der Waals surface area contributed by atoms with Gasteiger partial charge in [-0.15, -0.1) is 0 Å². The molecule has 0 bridgehead atoms. The molecular formula is C16H15ClFN3O. The Morgan fingerprint density at radius 1 is 1.18 bits per heavy atom. The molecule has 0 saturated carbocycles. The highest BCUT2D eigenvalue weighted by Gasteiger charge is 2.11. The highest BCUT2D eigenvalue weighted by molar-refractivity contribution is 6.30. The molecule has 2 aromatic carbocycles. The number of hydrazone groups is 1. The molecule has 0 aliphatic heterocycles. The van der Waals surface area contributed by atoms with Crippen molar-refractivity contribution in [3.05, 3.63) is 64.9 Å². The first-order valence-electron chi connectivity index (χ1n) is 6.65. The van der Waals surface area contributed by atoms with Gasteiger partial charge in [-0.25, -0.2) is 9.82 Å². The van der Waals surface area contributed by atoms with E-state index in [4.69, 9.17) is 11.6 Å². The molecule has 0 fully saturated rings. The van der Waals surface area contributed by atoms with Crippen molar-refractivity contribution in [1.29, 1.82) is 0 Å². The summed E-state index contributed by atoms with van der Waals surface area (Å²) in [5.41, 5.74) is 3.91. The predicted molar refractivity (Wildman–Crippen MR) is 86.7 cm³/mol. The van der Waals surface area contributed by atoms with E-state index in [9.17, 15) is 9.18 Å². The number of hydrogen-bond donors (Lipinski definition) is 2. The van der Waals surface area contributed by atoms with Crippen LogP contribution >= 0.6 is 11.6 Å². The lowest BCUT2D eigenvalue weighted by Crippen LogP contribution is -2.34. The fourth-order valence-corrected chi connectivity index (χ4v) is 1.80. The van der Waals surface area contributed by atoms with E-state index in [0.717, 1.165) is 5.69 Å². The zero-order valence-electron chi connectivity index (χ0n) is 11.9. The molecule has 0 aliphatic rings. The van der Waals surface area contributed by atoms with Gasteiger partial charge in [0.15, 0.2) is 0 Å². The lowest BCUT2D eigenvalue weighted by Gasteiger charge is -2.13. The van der Waals surface area contributed by atoms with Gasteiger partial charge in [0.2, 0.25) is 0 Å². The van der Waals surface area contributed by atoms with Gasteiger partial charge in [-0.3, -0.25) is 4.79 Å². The van der Waals surface area contributed by atoms with Gasteiger partial charge in [0.05, 0.1) is 6.21 Å². The largest absolute Gasteiger partial charge is 0.374 e. The minimum atomic E-state index is -0.466. The zero-order chi connectivity index (χ0) is 15.9. The zero-order valence-corrected chi connectivity index (χ0v) is 12.6. The molecule has 6 heteroatoms. The van der Waals surface area contributed by atoms with Gasteiger partial charge in [-0.2, -0.15) is 5.10 Å². The number of anilines is 1. The number of hydrogen-bond acceptors (Lipinski definition) is 3. The van der Waals surface area contributed by atoms with Crippen LogP contribution in [0.25, 0.3) is 0 Å². The molecule has 2 rings (SSSR count). The average Bonchev–Trinajstić information content (AvgIpc) is 2.51. The molecule has 0 aromatic heterocycles. The second kappa shape index (κ2) is 7.56. The van der Waals surface area contributed by atoms with Crippen molar-refractivity contribution in [2.45, 2.75) is 13.0 Å². The third kappa shape index (κ3) is 4.86. The highest BCUT2D eigenvalue weighted by atomic mass is 35.5. The summed E-state index contributed by atoms with van der Waals surface area (Å²) >= 11 is 5.80. The van der Waals surface area contributed by atoms with Crippen LogP contribution in [0.5, 0.6) is 0 Å². The van der Waals surface area contributed by atoms with Crippen LogP contribution < -0.4 is 10.7 Å². The van der Waals surface area contributed by atoms with Gasteiger partial charge in [0.25, 0.3) is 5.91 Å². The standard InChI is InChI=1S/C16H15ClFN3O/c1-11(20-15-8-4-13(17)5-9-15)16(22)21-19-10-12-2-6-14(18)7-3-12/h2-11,20H,1H3,(H,21,22). The van der Waals surface area contributed by atoms with Crippen LogP contribution in [0.4, 0.5) is 10.1 Å². The maximum absolute atomic E-state index is 12.7. The predicted octanol–water partition coefficient (Wildman–Crippen LogP) is 3.43. The number of halogens is 2. The fourth-order valence-electron chi connectivity index (χ4n) is 1.68. The third-order valence-corrected chi connectivity index (χ3v) is 3.13. The number of rotatable bonds is 5. The number of benzene rings is 2. The molecule has 2 N–H and O–H groups in total. The van der Waals surface area contributed by atoms with E-state index in [0.29, 0.717) is 10.6 Å². The number of amides is 1. The highest BCUT2D eigenvalue weighted by Crippen LogP contribution is 2.14. The normalized spacial score (nSPS) is 12.1. The minimum absolute atomic E-state index is 0.284. The van der Waals surface area contributed by atoms with E-state index in [1.165, 1.54) is 18.3 Å². The molecule has 0 aliphatic carbocycles. The Bertz CT molecular complexity index is 656. The first-order valence-corrected chi connectivity index (χ1v) is 7.03. The number of carbonyl (C=O) groups is 1. The number of nitrogens with one attached hydrogen (secondary N) is 2. The smallest absolute Gasteiger partial charge is 0.262 e. The van der Waals surface area contributed by atoms with Gasteiger partial charge in [-0.1, -0.05) is 23.7 Å². The quantitative estimate of drug-likeness (QED) is 0.655. The van der Waals surface area contributed by atoms with Gasteiger partial charge >= 0.3 is 0 Å². The molecule has 0 radical (unpaired) electrons. The molecule has 0 heterocycles. The van der Waals surface area contributed by atoms with Crippen molar-refractivity contribution in [3.8, 4) is 0 Å². The molecule has 114 valence electrons. The minimum Gasteiger partial charge on any atom is -0.374 e. The summed E-state index contributed by atoms with van der Waals surface area (Å²) < 4.78 is 12.7. The van der Waals surface area contributed by atoms with Crippen LogP contribution in [0.1, 0.15) is 12.5 Å². The SMILES string of the molecule is CC(Nc1ccc(Cl)cc1)C(=O)NN=Cc1ccc(F)cc1. The number of carbonyl (C=O) groups excluding carboxylic acids is 1. The monoisotopic (exact) mass is 319 g/mol. The van der Waals surface area contributed by atoms with Crippen LogP contribution in [0.15, 0.2) is 53.6 Å². The average molecular weight is 320 g/mol. The molecule has 0 saturated heterocycles. The Morgan fingerprint density at radius 2 is 1.82 bits per heavy atom. The Morgan fingerprint density at radius 3 is 2.45 bits per heavy atom. The summed E-state index contributed by atoms with van der Waals surface area (Å²) in [6.07, 6.45) is 1.45. The topological polar surface area (TPSA) is 53.5 Å². The number of nitrogens with zero attached hydrogens (tertiary/aromatic N) is 1. The van der Waals surface area contributed by atoms with Crippen molar-refractivity contribution < 1.29 is 9.18 Å². The summed E-state index contributed by atoms with van der Waals surface area (Å²) in [7, 11) is 0. The van der Waals surface area contributed by atoms with Gasteiger partial charge < -0.3 is 5.32 Å². The Labute approximate surface area is 133 Å². The van der Waals surface area contributed by atoms with E-state index in [1.807, 2.05) is 0 Å². The fraction of sp³-hybridized carbons (Fsp3) is 0.125.